The molecule has 2 unspecified atom stereocenters. The number of nitrogens with one attached hydrogen (secondary N) is 2. The van der Waals surface area contributed by atoms with Crippen LogP contribution in [0.3, 0.4) is 0 Å². The molecule has 2 atom stereocenters. The number of urea groups is 1. The Morgan fingerprint density at radius 2 is 1.95 bits per heavy atom. The van der Waals surface area contributed by atoms with Crippen molar-refractivity contribution in [3.8, 4) is 0 Å². The average molecular weight is 355 g/mol. The fourth-order valence-electron chi connectivity index (χ4n) is 2.74. The molecule has 1 aliphatic rings. The first-order valence-electron chi connectivity index (χ1n) is 7.03. The summed E-state index contributed by atoms with van der Waals surface area (Å²) in [6.45, 7) is 1.94. The topological polar surface area (TPSA) is 78.4 Å². The summed E-state index contributed by atoms with van der Waals surface area (Å²) < 4.78 is 0.888. The molecule has 0 aromatic heterocycles. The van der Waals surface area contributed by atoms with Gasteiger partial charge in [-0.3, -0.25) is 4.79 Å². The van der Waals surface area contributed by atoms with Crippen molar-refractivity contribution in [1.82, 2.24) is 5.32 Å². The van der Waals surface area contributed by atoms with Crippen LogP contribution < -0.4 is 10.6 Å². The van der Waals surface area contributed by atoms with Crippen LogP contribution in [0.5, 0.6) is 0 Å². The van der Waals surface area contributed by atoms with Gasteiger partial charge in [0.25, 0.3) is 0 Å². The molecule has 0 heterocycles. The molecule has 0 radical (unpaired) electrons. The van der Waals surface area contributed by atoms with Crippen LogP contribution in [0, 0.1) is 12.8 Å². The lowest BCUT2D eigenvalue weighted by molar-refractivity contribution is -0.143. The first-order valence-corrected chi connectivity index (χ1v) is 7.82. The Kier molecular flexibility index (Phi) is 5.22. The highest BCUT2D eigenvalue weighted by atomic mass is 79.9. The lowest BCUT2D eigenvalue weighted by atomic mass is 9.84. The van der Waals surface area contributed by atoms with E-state index in [9.17, 15) is 14.7 Å². The van der Waals surface area contributed by atoms with Gasteiger partial charge < -0.3 is 15.7 Å². The molecule has 5 nitrogen and oxygen atoms in total. The molecule has 2 amide bonds. The molecule has 1 saturated carbocycles. The zero-order chi connectivity index (χ0) is 15.4. The number of aryl methyl sites for hydroxylation is 1. The van der Waals surface area contributed by atoms with Gasteiger partial charge >= 0.3 is 12.0 Å². The number of carbonyl (C=O) groups is 2. The molecular formula is C15H19BrN2O3. The van der Waals surface area contributed by atoms with Crippen LogP contribution in [0.1, 0.15) is 31.2 Å². The number of hydrogen-bond acceptors (Lipinski definition) is 2. The fraction of sp³-hybridized carbons (Fsp3) is 0.467. The van der Waals surface area contributed by atoms with Crippen molar-refractivity contribution in [2.45, 2.75) is 38.6 Å². The summed E-state index contributed by atoms with van der Waals surface area (Å²) >= 11 is 3.38. The van der Waals surface area contributed by atoms with Crippen LogP contribution in [0.2, 0.25) is 0 Å². The molecule has 21 heavy (non-hydrogen) atoms. The Balaban J connectivity index is 1.98. The summed E-state index contributed by atoms with van der Waals surface area (Å²) in [4.78, 5) is 23.3. The van der Waals surface area contributed by atoms with Crippen molar-refractivity contribution in [2.75, 3.05) is 5.32 Å². The lowest BCUT2D eigenvalue weighted by Crippen LogP contribution is -2.46. The normalized spacial score (nSPS) is 21.6. The molecule has 1 aromatic carbocycles. The molecule has 2 rings (SSSR count). The van der Waals surface area contributed by atoms with E-state index >= 15 is 0 Å². The third-order valence-electron chi connectivity index (χ3n) is 3.70. The quantitative estimate of drug-likeness (QED) is 0.776. The fourth-order valence-corrected chi connectivity index (χ4v) is 3.35. The number of hydrogen-bond donors (Lipinski definition) is 3. The standard InChI is InChI=1S/C15H19BrN2O3/c1-9-6-10(16)8-11(7-9)17-15(21)18-13-5-3-2-4-12(13)14(19)20/h6-8,12-13H,2-5H2,1H3,(H,19,20)(H2,17,18,21). The van der Waals surface area contributed by atoms with E-state index in [2.05, 4.69) is 26.6 Å². The zero-order valence-corrected chi connectivity index (χ0v) is 13.4. The number of anilines is 1. The average Bonchev–Trinajstić information content (AvgIpc) is 2.37. The van der Waals surface area contributed by atoms with E-state index in [4.69, 9.17) is 0 Å². The van der Waals surface area contributed by atoms with Crippen molar-refractivity contribution in [1.29, 1.82) is 0 Å². The van der Waals surface area contributed by atoms with Gasteiger partial charge in [0.05, 0.1) is 5.92 Å². The van der Waals surface area contributed by atoms with Gasteiger partial charge in [-0.1, -0.05) is 28.8 Å². The van der Waals surface area contributed by atoms with Gasteiger partial charge in [-0.2, -0.15) is 0 Å². The predicted octanol–water partition coefficient (Wildman–Crippen LogP) is 3.52. The summed E-state index contributed by atoms with van der Waals surface area (Å²) in [6, 6.07) is 4.96. The molecule has 0 bridgehead atoms. The Morgan fingerprint density at radius 1 is 1.24 bits per heavy atom. The molecule has 6 heteroatoms. The summed E-state index contributed by atoms with van der Waals surface area (Å²) in [6.07, 6.45) is 3.19. The monoisotopic (exact) mass is 354 g/mol. The highest BCUT2D eigenvalue weighted by Crippen LogP contribution is 2.25. The minimum Gasteiger partial charge on any atom is -0.481 e. The van der Waals surface area contributed by atoms with Crippen molar-refractivity contribution >= 4 is 33.6 Å². The van der Waals surface area contributed by atoms with Gasteiger partial charge in [0, 0.05) is 16.2 Å². The largest absolute Gasteiger partial charge is 0.481 e. The van der Waals surface area contributed by atoms with E-state index in [0.717, 1.165) is 22.9 Å². The second-order valence-corrected chi connectivity index (χ2v) is 6.37. The first kappa shape index (κ1) is 15.8. The van der Waals surface area contributed by atoms with Crippen molar-refractivity contribution in [3.05, 3.63) is 28.2 Å². The van der Waals surface area contributed by atoms with Crippen LogP contribution in [0.4, 0.5) is 10.5 Å². The van der Waals surface area contributed by atoms with E-state index in [0.29, 0.717) is 18.5 Å². The number of halogens is 1. The van der Waals surface area contributed by atoms with Crippen LogP contribution in [0.25, 0.3) is 0 Å². The van der Waals surface area contributed by atoms with Crippen molar-refractivity contribution in [3.63, 3.8) is 0 Å². The number of benzene rings is 1. The molecular weight excluding hydrogens is 336 g/mol. The Labute approximate surface area is 132 Å². The Morgan fingerprint density at radius 3 is 2.62 bits per heavy atom. The number of carbonyl (C=O) groups excluding carboxylic acids is 1. The van der Waals surface area contributed by atoms with E-state index < -0.39 is 11.9 Å². The predicted molar refractivity (Wildman–Crippen MR) is 84.4 cm³/mol. The SMILES string of the molecule is Cc1cc(Br)cc(NC(=O)NC2CCCCC2C(=O)O)c1. The lowest BCUT2D eigenvalue weighted by Gasteiger charge is -2.29. The minimum atomic E-state index is -0.835. The maximum atomic E-state index is 12.0. The maximum absolute atomic E-state index is 12.0. The highest BCUT2D eigenvalue weighted by molar-refractivity contribution is 9.10. The Bertz CT molecular complexity index is 527. The Hall–Kier alpha value is -1.56. The molecule has 114 valence electrons. The van der Waals surface area contributed by atoms with Gasteiger partial charge in [0.15, 0.2) is 0 Å². The molecule has 1 fully saturated rings. The first-order chi connectivity index (χ1) is 9.95. The molecule has 1 aliphatic carbocycles. The van der Waals surface area contributed by atoms with Gasteiger partial charge in [-0.25, -0.2) is 4.79 Å². The molecule has 1 aromatic rings. The smallest absolute Gasteiger partial charge is 0.319 e. The van der Waals surface area contributed by atoms with E-state index in [-0.39, 0.29) is 12.1 Å². The second-order valence-electron chi connectivity index (χ2n) is 5.45. The summed E-state index contributed by atoms with van der Waals surface area (Å²) in [7, 11) is 0. The summed E-state index contributed by atoms with van der Waals surface area (Å²) in [5.74, 6) is -1.33. The summed E-state index contributed by atoms with van der Waals surface area (Å²) in [5, 5.41) is 14.8. The van der Waals surface area contributed by atoms with Crippen molar-refractivity contribution < 1.29 is 14.7 Å². The number of carboxylic acid groups (broad SMARTS) is 1. The molecule has 3 N–H and O–H groups in total. The number of amides is 2. The second kappa shape index (κ2) is 6.93. The zero-order valence-electron chi connectivity index (χ0n) is 11.9. The number of carboxylic acids is 1. The molecule has 0 saturated heterocycles. The van der Waals surface area contributed by atoms with E-state index in [1.54, 1.807) is 0 Å². The third-order valence-corrected chi connectivity index (χ3v) is 4.16. The number of rotatable bonds is 3. The third kappa shape index (κ3) is 4.46. The van der Waals surface area contributed by atoms with Crippen LogP contribution in [0.15, 0.2) is 22.7 Å². The van der Waals surface area contributed by atoms with Gasteiger partial charge in [0.1, 0.15) is 0 Å². The highest BCUT2D eigenvalue weighted by Gasteiger charge is 2.31. The van der Waals surface area contributed by atoms with E-state index in [1.807, 2.05) is 25.1 Å². The summed E-state index contributed by atoms with van der Waals surface area (Å²) in [5.41, 5.74) is 1.71. The van der Waals surface area contributed by atoms with Crippen LogP contribution >= 0.6 is 15.9 Å². The number of aliphatic carboxylic acids is 1. The van der Waals surface area contributed by atoms with E-state index in [1.165, 1.54) is 0 Å². The minimum absolute atomic E-state index is 0.301. The van der Waals surface area contributed by atoms with Gasteiger partial charge in [-0.15, -0.1) is 0 Å². The van der Waals surface area contributed by atoms with Gasteiger partial charge in [0.2, 0.25) is 0 Å². The maximum Gasteiger partial charge on any atom is 0.319 e. The van der Waals surface area contributed by atoms with Gasteiger partial charge in [-0.05, 0) is 43.5 Å². The van der Waals surface area contributed by atoms with Crippen molar-refractivity contribution in [2.24, 2.45) is 5.92 Å². The molecule has 0 aliphatic heterocycles. The van der Waals surface area contributed by atoms with Crippen LogP contribution in [-0.4, -0.2) is 23.1 Å². The molecule has 0 spiro atoms. The van der Waals surface area contributed by atoms with Crippen LogP contribution in [-0.2, 0) is 4.79 Å².